The Balaban J connectivity index is 2.01. The van der Waals surface area contributed by atoms with Gasteiger partial charge in [-0.2, -0.15) is 0 Å². The molecule has 1 aliphatic carbocycles. The first kappa shape index (κ1) is 21.9. The third-order valence-corrected chi connectivity index (χ3v) is 13.6. The van der Waals surface area contributed by atoms with Crippen LogP contribution >= 0.6 is 0 Å². The molecular formula is C21H36O6Si. The second-order valence-corrected chi connectivity index (χ2v) is 15.1. The first-order chi connectivity index (χ1) is 13.1. The van der Waals surface area contributed by atoms with E-state index in [1.54, 1.807) is 0 Å². The molecule has 0 unspecified atom stereocenters. The fourth-order valence-electron chi connectivity index (χ4n) is 6.51. The van der Waals surface area contributed by atoms with Crippen molar-refractivity contribution in [3.8, 4) is 0 Å². The van der Waals surface area contributed by atoms with Crippen molar-refractivity contribution < 1.29 is 28.6 Å². The number of methoxy groups -OCH3 is 1. The van der Waals surface area contributed by atoms with E-state index in [2.05, 4.69) is 41.5 Å². The topological polar surface area (TPSA) is 82.1 Å². The normalized spacial score (nSPS) is 37.8. The van der Waals surface area contributed by atoms with Gasteiger partial charge >= 0.3 is 5.97 Å². The van der Waals surface area contributed by atoms with E-state index in [1.165, 1.54) is 7.11 Å². The van der Waals surface area contributed by atoms with Crippen molar-refractivity contribution in [2.24, 2.45) is 17.8 Å². The molecule has 1 saturated carbocycles. The zero-order valence-corrected chi connectivity index (χ0v) is 19.2. The fraction of sp³-hybridized carbons (Fsp3) is 0.905. The van der Waals surface area contributed by atoms with Crippen LogP contribution in [-0.2, 0) is 23.5 Å². The number of aliphatic hydroxyl groups is 1. The average molecular weight is 413 g/mol. The Labute approximate surface area is 169 Å². The summed E-state index contributed by atoms with van der Waals surface area (Å²) >= 11 is 0. The van der Waals surface area contributed by atoms with Gasteiger partial charge in [-0.3, -0.25) is 9.59 Å². The van der Waals surface area contributed by atoms with Crippen LogP contribution in [0.3, 0.4) is 0 Å². The SMILES string of the molecule is COC(=O)[C@@H]1[C@H]2[C@@H]3O[C@@H]1CC(=O)[C@H]3[C@@H](O)C[C@@H]2O[Si](C(C)C)(C(C)C)C(C)C. The number of rotatable bonds is 6. The van der Waals surface area contributed by atoms with Crippen LogP contribution in [0.4, 0.5) is 0 Å². The monoisotopic (exact) mass is 412 g/mol. The Bertz CT molecular complexity index is 596. The molecule has 2 heterocycles. The standard InChI is InChI=1S/C21H36O6Si/c1-10(2)28(11(3)4,12(5)6)27-16-9-14(23)17-13(22)8-15-19(21(24)25-7)18(16)20(17)26-15/h10-12,14-20,23H,8-9H2,1-7H3/t14-,15+,16-,17-,18-,19-,20+/m0/s1. The molecule has 2 saturated heterocycles. The highest BCUT2D eigenvalue weighted by molar-refractivity contribution is 6.77. The molecule has 7 atom stereocenters. The van der Waals surface area contributed by atoms with Crippen molar-refractivity contribution in [3.05, 3.63) is 0 Å². The Morgan fingerprint density at radius 1 is 1.14 bits per heavy atom. The van der Waals surface area contributed by atoms with E-state index >= 15 is 0 Å². The zero-order chi connectivity index (χ0) is 21.0. The largest absolute Gasteiger partial charge is 0.469 e. The van der Waals surface area contributed by atoms with E-state index in [0.29, 0.717) is 23.0 Å². The van der Waals surface area contributed by atoms with Crippen molar-refractivity contribution >= 4 is 20.1 Å². The molecule has 0 aromatic carbocycles. The number of Topliss-reactive ketones (excluding diaryl/α,β-unsaturated/α-hetero) is 1. The van der Waals surface area contributed by atoms with Crippen LogP contribution < -0.4 is 0 Å². The molecule has 1 N–H and O–H groups in total. The lowest BCUT2D eigenvalue weighted by Crippen LogP contribution is -2.58. The highest BCUT2D eigenvalue weighted by Crippen LogP contribution is 2.53. The summed E-state index contributed by atoms with van der Waals surface area (Å²) in [5.74, 6) is -1.62. The van der Waals surface area contributed by atoms with Crippen LogP contribution in [0, 0.1) is 17.8 Å². The predicted octanol–water partition coefficient (Wildman–Crippen LogP) is 3.07. The molecule has 28 heavy (non-hydrogen) atoms. The number of carbonyl (C=O) groups excluding carboxylic acids is 2. The molecule has 0 radical (unpaired) electrons. The molecule has 0 spiro atoms. The third kappa shape index (κ3) is 3.18. The van der Waals surface area contributed by atoms with Gasteiger partial charge in [0.05, 0.1) is 43.4 Å². The smallest absolute Gasteiger partial charge is 0.311 e. The molecule has 2 aliphatic heterocycles. The number of hydrogen-bond acceptors (Lipinski definition) is 6. The average Bonchev–Trinajstić information content (AvgIpc) is 2.92. The second-order valence-electron chi connectivity index (χ2n) is 9.74. The van der Waals surface area contributed by atoms with Gasteiger partial charge < -0.3 is 19.0 Å². The number of aliphatic hydroxyl groups excluding tert-OH is 1. The second kappa shape index (κ2) is 7.82. The van der Waals surface area contributed by atoms with Gasteiger partial charge in [0.25, 0.3) is 0 Å². The summed E-state index contributed by atoms with van der Waals surface area (Å²) in [6, 6.07) is 0. The molecule has 6 nitrogen and oxygen atoms in total. The van der Waals surface area contributed by atoms with Crippen molar-refractivity contribution in [2.45, 2.75) is 95.4 Å². The first-order valence-electron chi connectivity index (χ1n) is 10.7. The van der Waals surface area contributed by atoms with Crippen LogP contribution in [0.15, 0.2) is 0 Å². The van der Waals surface area contributed by atoms with Crippen molar-refractivity contribution in [1.82, 2.24) is 0 Å². The molecule has 3 aliphatic rings. The maximum atomic E-state index is 12.6. The summed E-state index contributed by atoms with van der Waals surface area (Å²) in [4.78, 5) is 25.3. The van der Waals surface area contributed by atoms with Crippen LogP contribution in [0.25, 0.3) is 0 Å². The van der Waals surface area contributed by atoms with E-state index < -0.39 is 38.5 Å². The highest BCUT2D eigenvalue weighted by Gasteiger charge is 2.64. The number of esters is 1. The number of ether oxygens (including phenoxy) is 2. The zero-order valence-electron chi connectivity index (χ0n) is 18.2. The van der Waals surface area contributed by atoms with E-state index in [4.69, 9.17) is 13.9 Å². The van der Waals surface area contributed by atoms with Crippen LogP contribution in [0.1, 0.15) is 54.4 Å². The van der Waals surface area contributed by atoms with Gasteiger partial charge in [0.15, 0.2) is 0 Å². The molecule has 3 fully saturated rings. The van der Waals surface area contributed by atoms with E-state index in [9.17, 15) is 14.7 Å². The Morgan fingerprint density at radius 2 is 1.71 bits per heavy atom. The molecule has 0 aromatic heterocycles. The summed E-state index contributed by atoms with van der Waals surface area (Å²) in [5.41, 5.74) is 1.17. The molecule has 160 valence electrons. The fourth-order valence-corrected chi connectivity index (χ4v) is 12.1. The highest BCUT2D eigenvalue weighted by atomic mass is 28.4. The summed E-state index contributed by atoms with van der Waals surface area (Å²) in [7, 11) is -0.842. The summed E-state index contributed by atoms with van der Waals surface area (Å²) in [5, 5.41) is 10.8. The van der Waals surface area contributed by atoms with Gasteiger partial charge in [0.1, 0.15) is 5.78 Å². The van der Waals surface area contributed by atoms with E-state index in [1.807, 2.05) is 0 Å². The minimum atomic E-state index is -2.22. The van der Waals surface area contributed by atoms with Crippen molar-refractivity contribution in [2.75, 3.05) is 7.11 Å². The summed E-state index contributed by atoms with van der Waals surface area (Å²) in [6.07, 6.45) is -1.45. The van der Waals surface area contributed by atoms with Gasteiger partial charge in [-0.15, -0.1) is 0 Å². The van der Waals surface area contributed by atoms with Crippen molar-refractivity contribution in [1.29, 1.82) is 0 Å². The van der Waals surface area contributed by atoms with Gasteiger partial charge in [-0.05, 0) is 23.0 Å². The van der Waals surface area contributed by atoms with Gasteiger partial charge in [0, 0.05) is 12.3 Å². The molecule has 7 heteroatoms. The van der Waals surface area contributed by atoms with Gasteiger partial charge in [0.2, 0.25) is 8.32 Å². The first-order valence-corrected chi connectivity index (χ1v) is 12.8. The Morgan fingerprint density at radius 3 is 2.21 bits per heavy atom. The van der Waals surface area contributed by atoms with Gasteiger partial charge in [-0.1, -0.05) is 41.5 Å². The van der Waals surface area contributed by atoms with Crippen LogP contribution in [0.2, 0.25) is 16.6 Å². The Kier molecular flexibility index (Phi) is 6.12. The lowest BCUT2D eigenvalue weighted by molar-refractivity contribution is -0.159. The van der Waals surface area contributed by atoms with E-state index in [0.717, 1.165) is 0 Å². The minimum absolute atomic E-state index is 0.00342. The van der Waals surface area contributed by atoms with Gasteiger partial charge in [-0.25, -0.2) is 0 Å². The number of ketones is 1. The summed E-state index contributed by atoms with van der Waals surface area (Å²) in [6.45, 7) is 13.3. The van der Waals surface area contributed by atoms with E-state index in [-0.39, 0.29) is 30.2 Å². The molecule has 3 rings (SSSR count). The minimum Gasteiger partial charge on any atom is -0.469 e. The quantitative estimate of drug-likeness (QED) is 0.533. The molecule has 0 aromatic rings. The number of fused-ring (bicyclic) bond motifs is 1. The van der Waals surface area contributed by atoms with Crippen LogP contribution in [0.5, 0.6) is 0 Å². The van der Waals surface area contributed by atoms with Crippen molar-refractivity contribution in [3.63, 3.8) is 0 Å². The molecule has 0 amide bonds. The number of carbonyl (C=O) groups is 2. The number of hydrogen-bond donors (Lipinski definition) is 1. The Hall–Kier alpha value is -0.763. The lowest BCUT2D eigenvalue weighted by Gasteiger charge is -2.49. The third-order valence-electron chi connectivity index (χ3n) is 7.51. The predicted molar refractivity (Wildman–Crippen MR) is 107 cm³/mol. The lowest BCUT2D eigenvalue weighted by atomic mass is 9.71. The molecule has 2 bridgehead atoms. The summed E-state index contributed by atoms with van der Waals surface area (Å²) < 4.78 is 18.2. The molecular weight excluding hydrogens is 376 g/mol. The maximum Gasteiger partial charge on any atom is 0.311 e. The maximum absolute atomic E-state index is 12.6. The van der Waals surface area contributed by atoms with Crippen LogP contribution in [-0.4, -0.2) is 56.7 Å².